The van der Waals surface area contributed by atoms with Crippen molar-refractivity contribution in [2.75, 3.05) is 13.2 Å². The van der Waals surface area contributed by atoms with Crippen LogP contribution in [0.2, 0.25) is 0 Å². The zero-order valence-corrected chi connectivity index (χ0v) is 10.3. The van der Waals surface area contributed by atoms with Crippen molar-refractivity contribution < 1.29 is 9.90 Å². The van der Waals surface area contributed by atoms with Gasteiger partial charge in [-0.3, -0.25) is 4.79 Å². The third-order valence-corrected chi connectivity index (χ3v) is 2.64. The molecule has 0 aliphatic heterocycles. The van der Waals surface area contributed by atoms with Crippen molar-refractivity contribution in [3.05, 3.63) is 0 Å². The van der Waals surface area contributed by atoms with E-state index < -0.39 is 0 Å². The van der Waals surface area contributed by atoms with Crippen molar-refractivity contribution in [3.63, 3.8) is 0 Å². The van der Waals surface area contributed by atoms with E-state index in [1.165, 1.54) is 12.8 Å². The molecule has 0 aromatic heterocycles. The fraction of sp³-hybridized carbons (Fsp3) is 0.917. The van der Waals surface area contributed by atoms with E-state index in [4.69, 9.17) is 5.11 Å². The predicted octanol–water partition coefficient (Wildman–Crippen LogP) is 2.09. The molecule has 0 aliphatic rings. The minimum Gasteiger partial charge on any atom is -0.396 e. The van der Waals surface area contributed by atoms with Gasteiger partial charge in [0.1, 0.15) is 0 Å². The summed E-state index contributed by atoms with van der Waals surface area (Å²) < 4.78 is 0. The largest absolute Gasteiger partial charge is 0.396 e. The van der Waals surface area contributed by atoms with E-state index in [0.717, 1.165) is 12.8 Å². The Hall–Kier alpha value is -0.570. The van der Waals surface area contributed by atoms with Crippen LogP contribution in [0.3, 0.4) is 0 Å². The van der Waals surface area contributed by atoms with Gasteiger partial charge in [0.2, 0.25) is 5.91 Å². The topological polar surface area (TPSA) is 49.3 Å². The summed E-state index contributed by atoms with van der Waals surface area (Å²) in [6.07, 6.45) is 5.05. The van der Waals surface area contributed by atoms with Gasteiger partial charge in [-0.2, -0.15) is 0 Å². The Morgan fingerprint density at radius 3 is 2.47 bits per heavy atom. The third-order valence-electron chi connectivity index (χ3n) is 2.64. The van der Waals surface area contributed by atoms with Gasteiger partial charge in [0.15, 0.2) is 0 Å². The first-order valence-corrected chi connectivity index (χ1v) is 5.93. The van der Waals surface area contributed by atoms with Crippen LogP contribution in [0.4, 0.5) is 0 Å². The normalized spacial score (nSPS) is 11.5. The molecular weight excluding hydrogens is 190 g/mol. The highest BCUT2D eigenvalue weighted by molar-refractivity contribution is 5.81. The first-order chi connectivity index (χ1) is 7.04. The zero-order chi connectivity index (χ0) is 11.7. The van der Waals surface area contributed by atoms with Gasteiger partial charge in [0, 0.05) is 18.6 Å². The first kappa shape index (κ1) is 14.4. The second kappa shape index (κ2) is 7.69. The molecule has 2 N–H and O–H groups in total. The molecule has 3 nitrogen and oxygen atoms in total. The van der Waals surface area contributed by atoms with E-state index in [1.807, 2.05) is 13.8 Å². The van der Waals surface area contributed by atoms with Crippen LogP contribution in [0.1, 0.15) is 52.9 Å². The molecule has 1 amide bonds. The van der Waals surface area contributed by atoms with E-state index in [1.54, 1.807) is 0 Å². The van der Waals surface area contributed by atoms with Crippen LogP contribution in [0, 0.1) is 5.41 Å². The smallest absolute Gasteiger partial charge is 0.225 e. The molecule has 90 valence electrons. The molecule has 0 saturated heterocycles. The van der Waals surface area contributed by atoms with Gasteiger partial charge in [0.05, 0.1) is 0 Å². The van der Waals surface area contributed by atoms with Gasteiger partial charge >= 0.3 is 0 Å². The van der Waals surface area contributed by atoms with Crippen LogP contribution in [0.5, 0.6) is 0 Å². The van der Waals surface area contributed by atoms with Crippen molar-refractivity contribution >= 4 is 5.91 Å². The van der Waals surface area contributed by atoms with Gasteiger partial charge in [-0.15, -0.1) is 0 Å². The van der Waals surface area contributed by atoms with E-state index >= 15 is 0 Å². The number of aliphatic hydroxyl groups is 1. The number of nitrogens with one attached hydrogen (secondary N) is 1. The van der Waals surface area contributed by atoms with Crippen LogP contribution in [0.25, 0.3) is 0 Å². The van der Waals surface area contributed by atoms with Crippen molar-refractivity contribution in [2.24, 2.45) is 5.41 Å². The van der Waals surface area contributed by atoms with Gasteiger partial charge in [-0.05, 0) is 12.8 Å². The van der Waals surface area contributed by atoms with E-state index in [-0.39, 0.29) is 17.9 Å². The third kappa shape index (κ3) is 6.50. The lowest BCUT2D eigenvalue weighted by Crippen LogP contribution is -2.37. The maximum absolute atomic E-state index is 11.7. The Morgan fingerprint density at radius 1 is 1.27 bits per heavy atom. The summed E-state index contributed by atoms with van der Waals surface area (Å²) in [7, 11) is 0. The Bertz CT molecular complexity index is 178. The highest BCUT2D eigenvalue weighted by Gasteiger charge is 2.26. The summed E-state index contributed by atoms with van der Waals surface area (Å²) in [6, 6.07) is 0. The quantitative estimate of drug-likeness (QED) is 0.609. The highest BCUT2D eigenvalue weighted by Crippen LogP contribution is 2.23. The van der Waals surface area contributed by atoms with E-state index in [2.05, 4.69) is 12.2 Å². The fourth-order valence-corrected chi connectivity index (χ4v) is 1.45. The van der Waals surface area contributed by atoms with Gasteiger partial charge in [-0.1, -0.05) is 40.0 Å². The molecule has 0 bridgehead atoms. The molecule has 0 saturated carbocycles. The Balaban J connectivity index is 3.80. The number of unbranched alkanes of at least 4 members (excludes halogenated alkanes) is 2. The summed E-state index contributed by atoms with van der Waals surface area (Å²) in [4.78, 5) is 11.7. The minimum absolute atomic E-state index is 0.104. The fourth-order valence-electron chi connectivity index (χ4n) is 1.45. The number of carbonyl (C=O) groups is 1. The van der Waals surface area contributed by atoms with Crippen LogP contribution in [-0.4, -0.2) is 24.2 Å². The molecule has 15 heavy (non-hydrogen) atoms. The van der Waals surface area contributed by atoms with Gasteiger partial charge in [-0.25, -0.2) is 0 Å². The molecule has 0 atom stereocenters. The summed E-state index contributed by atoms with van der Waals surface area (Å²) in [5.41, 5.74) is -0.273. The minimum atomic E-state index is -0.273. The molecule has 0 fully saturated rings. The number of amides is 1. The highest BCUT2D eigenvalue weighted by atomic mass is 16.3. The summed E-state index contributed by atoms with van der Waals surface area (Å²) in [5, 5.41) is 11.5. The number of hydrogen-bond donors (Lipinski definition) is 2. The molecule has 0 rings (SSSR count). The average Bonchev–Trinajstić information content (AvgIpc) is 2.18. The lowest BCUT2D eigenvalue weighted by molar-refractivity contribution is -0.129. The molecule has 0 unspecified atom stereocenters. The number of carbonyl (C=O) groups excluding carboxylic acids is 1. The molecule has 0 radical (unpaired) electrons. The molecule has 0 aliphatic carbocycles. The predicted molar refractivity (Wildman–Crippen MR) is 62.6 cm³/mol. The van der Waals surface area contributed by atoms with E-state index in [0.29, 0.717) is 13.0 Å². The Kier molecular flexibility index (Phi) is 7.39. The number of hydrogen-bond acceptors (Lipinski definition) is 2. The van der Waals surface area contributed by atoms with Gasteiger partial charge < -0.3 is 10.4 Å². The first-order valence-electron chi connectivity index (χ1n) is 5.93. The molecule has 0 aromatic carbocycles. The maximum atomic E-state index is 11.7. The lowest BCUT2D eigenvalue weighted by Gasteiger charge is -2.23. The molecule has 0 heterocycles. The van der Waals surface area contributed by atoms with Gasteiger partial charge in [0.25, 0.3) is 0 Å². The molecule has 0 spiro atoms. The Morgan fingerprint density at radius 2 is 1.93 bits per heavy atom. The zero-order valence-electron chi connectivity index (χ0n) is 10.3. The molecule has 0 aromatic rings. The van der Waals surface area contributed by atoms with Crippen molar-refractivity contribution in [3.8, 4) is 0 Å². The van der Waals surface area contributed by atoms with Crippen molar-refractivity contribution in [1.82, 2.24) is 5.32 Å². The number of rotatable bonds is 8. The molecular formula is C12H25NO2. The van der Waals surface area contributed by atoms with Crippen LogP contribution < -0.4 is 5.32 Å². The summed E-state index contributed by atoms with van der Waals surface area (Å²) in [5.74, 6) is 0.104. The monoisotopic (exact) mass is 215 g/mol. The standard InChI is InChI=1S/C12H25NO2/c1-4-5-6-8-12(2,3)11(15)13-9-7-10-14/h14H,4-10H2,1-3H3,(H,13,15). The van der Waals surface area contributed by atoms with Crippen LogP contribution in [0.15, 0.2) is 0 Å². The second-order valence-electron chi connectivity index (χ2n) is 4.67. The SMILES string of the molecule is CCCCCC(C)(C)C(=O)NCCCO. The second-order valence-corrected chi connectivity index (χ2v) is 4.67. The van der Waals surface area contributed by atoms with Crippen LogP contribution >= 0.6 is 0 Å². The molecule has 3 heteroatoms. The maximum Gasteiger partial charge on any atom is 0.225 e. The van der Waals surface area contributed by atoms with E-state index in [9.17, 15) is 4.79 Å². The Labute approximate surface area is 93.3 Å². The van der Waals surface area contributed by atoms with Crippen molar-refractivity contribution in [2.45, 2.75) is 52.9 Å². The number of aliphatic hydroxyl groups excluding tert-OH is 1. The summed E-state index contributed by atoms with van der Waals surface area (Å²) >= 11 is 0. The summed E-state index contributed by atoms with van der Waals surface area (Å²) in [6.45, 7) is 6.84. The average molecular weight is 215 g/mol. The van der Waals surface area contributed by atoms with Crippen molar-refractivity contribution in [1.29, 1.82) is 0 Å². The van der Waals surface area contributed by atoms with Crippen LogP contribution in [-0.2, 0) is 4.79 Å². The lowest BCUT2D eigenvalue weighted by atomic mass is 9.86.